The van der Waals surface area contributed by atoms with Crippen LogP contribution < -0.4 is 14.8 Å². The highest BCUT2D eigenvalue weighted by Crippen LogP contribution is 2.29. The Bertz CT molecular complexity index is 614. The van der Waals surface area contributed by atoms with Crippen LogP contribution in [0.4, 0.5) is 8.78 Å². The molecule has 0 saturated carbocycles. The zero-order valence-electron chi connectivity index (χ0n) is 16.6. The summed E-state index contributed by atoms with van der Waals surface area (Å²) in [7, 11) is 5.14. The number of aliphatic imine (C=N–C) groups is 1. The molecule has 0 spiro atoms. The number of ether oxygens (including phenoxy) is 3. The predicted octanol–water partition coefficient (Wildman–Crippen LogP) is 3.74. The first-order chi connectivity index (χ1) is 13.0. The van der Waals surface area contributed by atoms with Crippen molar-refractivity contribution in [2.45, 2.75) is 32.4 Å². The number of halogens is 3. The lowest BCUT2D eigenvalue weighted by Gasteiger charge is -2.27. The lowest BCUT2D eigenvalue weighted by atomic mass is 9.96. The van der Waals surface area contributed by atoms with Crippen molar-refractivity contribution in [3.05, 3.63) is 23.8 Å². The molecule has 0 unspecified atom stereocenters. The summed E-state index contributed by atoms with van der Waals surface area (Å²) in [4.78, 5) is 6.38. The lowest BCUT2D eigenvalue weighted by Crippen LogP contribution is -2.39. The van der Waals surface area contributed by atoms with Gasteiger partial charge in [-0.2, -0.15) is 8.78 Å². The first-order valence-electron chi connectivity index (χ1n) is 9.14. The molecule has 6 nitrogen and oxygen atoms in total. The van der Waals surface area contributed by atoms with Crippen molar-refractivity contribution in [2.75, 3.05) is 41.0 Å². The van der Waals surface area contributed by atoms with E-state index in [0.717, 1.165) is 50.5 Å². The number of nitrogens with one attached hydrogen (secondary N) is 1. The molecule has 9 heteroatoms. The van der Waals surface area contributed by atoms with Crippen LogP contribution in [0.1, 0.15) is 24.8 Å². The molecule has 2 rings (SSSR count). The van der Waals surface area contributed by atoms with Gasteiger partial charge in [-0.05, 0) is 42.9 Å². The second kappa shape index (κ2) is 13.0. The van der Waals surface area contributed by atoms with Gasteiger partial charge in [-0.15, -0.1) is 24.0 Å². The summed E-state index contributed by atoms with van der Waals surface area (Å²) >= 11 is 0. The van der Waals surface area contributed by atoms with Gasteiger partial charge in [0, 0.05) is 40.4 Å². The Labute approximate surface area is 182 Å². The van der Waals surface area contributed by atoms with E-state index in [4.69, 9.17) is 9.47 Å². The van der Waals surface area contributed by atoms with Crippen molar-refractivity contribution < 1.29 is 23.0 Å². The van der Waals surface area contributed by atoms with Crippen LogP contribution in [0.25, 0.3) is 0 Å². The van der Waals surface area contributed by atoms with E-state index in [1.165, 1.54) is 7.11 Å². The Balaban J connectivity index is 0.00000392. The molecule has 1 aliphatic rings. The Kier molecular flexibility index (Phi) is 11.4. The number of alkyl halides is 2. The van der Waals surface area contributed by atoms with E-state index in [2.05, 4.69) is 19.9 Å². The third kappa shape index (κ3) is 7.94. The summed E-state index contributed by atoms with van der Waals surface area (Å²) in [6.45, 7) is 0.139. The third-order valence-corrected chi connectivity index (χ3v) is 4.68. The number of hydrogen-bond donors (Lipinski definition) is 1. The molecule has 1 fully saturated rings. The first-order valence-corrected chi connectivity index (χ1v) is 9.14. The highest BCUT2D eigenvalue weighted by Gasteiger charge is 2.16. The molecule has 1 saturated heterocycles. The van der Waals surface area contributed by atoms with E-state index in [1.54, 1.807) is 25.2 Å². The van der Waals surface area contributed by atoms with Gasteiger partial charge in [-0.25, -0.2) is 0 Å². The minimum Gasteiger partial charge on any atom is -0.493 e. The number of hydrogen-bond acceptors (Lipinski definition) is 4. The summed E-state index contributed by atoms with van der Waals surface area (Å²) in [6.07, 6.45) is 3.31. The average Bonchev–Trinajstić information content (AvgIpc) is 2.67. The fourth-order valence-corrected chi connectivity index (χ4v) is 3.10. The molecule has 160 valence electrons. The normalized spacial score (nSPS) is 15.1. The molecule has 0 bridgehead atoms. The predicted molar refractivity (Wildman–Crippen MR) is 116 cm³/mol. The molecule has 1 aromatic rings. The zero-order valence-corrected chi connectivity index (χ0v) is 19.0. The van der Waals surface area contributed by atoms with Gasteiger partial charge in [-0.3, -0.25) is 4.99 Å². The molecule has 1 heterocycles. The van der Waals surface area contributed by atoms with E-state index in [9.17, 15) is 8.78 Å². The average molecular weight is 513 g/mol. The van der Waals surface area contributed by atoms with Gasteiger partial charge >= 0.3 is 6.61 Å². The second-order valence-electron chi connectivity index (χ2n) is 6.53. The van der Waals surface area contributed by atoms with Crippen LogP contribution in [0.2, 0.25) is 0 Å². The molecular formula is C19H30F2IN3O3. The standard InChI is InChI=1S/C19H29F2N3O3.HI/c1-22-19(24(2)9-6-14-7-10-26-11-8-14)23-13-15-4-5-16(25-3)17(12-15)27-18(20)21;/h4-5,12,14,18H,6-11,13H2,1-3H3,(H,22,23);1H. The maximum Gasteiger partial charge on any atom is 0.387 e. The number of benzene rings is 1. The number of rotatable bonds is 8. The van der Waals surface area contributed by atoms with Crippen molar-refractivity contribution in [3.63, 3.8) is 0 Å². The molecule has 0 aliphatic carbocycles. The number of methoxy groups -OCH3 is 1. The smallest absolute Gasteiger partial charge is 0.387 e. The van der Waals surface area contributed by atoms with Gasteiger partial charge in [0.05, 0.1) is 7.11 Å². The van der Waals surface area contributed by atoms with Crippen molar-refractivity contribution in [1.29, 1.82) is 0 Å². The van der Waals surface area contributed by atoms with Gasteiger partial charge in [0.15, 0.2) is 17.5 Å². The third-order valence-electron chi connectivity index (χ3n) is 4.68. The fourth-order valence-electron chi connectivity index (χ4n) is 3.10. The van der Waals surface area contributed by atoms with Gasteiger partial charge in [0.2, 0.25) is 0 Å². The van der Waals surface area contributed by atoms with Crippen LogP contribution in [0, 0.1) is 5.92 Å². The van der Waals surface area contributed by atoms with Gasteiger partial charge in [0.1, 0.15) is 0 Å². The van der Waals surface area contributed by atoms with Crippen LogP contribution in [0.5, 0.6) is 11.5 Å². The number of guanidine groups is 1. The maximum absolute atomic E-state index is 12.6. The summed E-state index contributed by atoms with van der Waals surface area (Å²) in [6, 6.07) is 4.97. The number of nitrogens with zero attached hydrogens (tertiary/aromatic N) is 2. The van der Waals surface area contributed by atoms with Crippen LogP contribution in [0.3, 0.4) is 0 Å². The van der Waals surface area contributed by atoms with Crippen LogP contribution in [-0.2, 0) is 11.3 Å². The van der Waals surface area contributed by atoms with Crippen molar-refractivity contribution in [2.24, 2.45) is 10.9 Å². The highest BCUT2D eigenvalue weighted by atomic mass is 127. The molecular weight excluding hydrogens is 483 g/mol. The van der Waals surface area contributed by atoms with Gasteiger partial charge in [-0.1, -0.05) is 6.07 Å². The minimum atomic E-state index is -2.90. The second-order valence-corrected chi connectivity index (χ2v) is 6.53. The van der Waals surface area contributed by atoms with Gasteiger partial charge in [0.25, 0.3) is 0 Å². The SMILES string of the molecule is CN=C(NCc1ccc(OC)c(OC(F)F)c1)N(C)CCC1CCOCC1.I. The summed E-state index contributed by atoms with van der Waals surface area (Å²) in [5.41, 5.74) is 0.797. The Hall–Kier alpha value is -1.36. The van der Waals surface area contributed by atoms with E-state index in [-0.39, 0.29) is 35.5 Å². The van der Waals surface area contributed by atoms with Crippen molar-refractivity contribution in [1.82, 2.24) is 10.2 Å². The van der Waals surface area contributed by atoms with Crippen LogP contribution in [-0.4, -0.2) is 58.4 Å². The fraction of sp³-hybridized carbons (Fsp3) is 0.632. The summed E-state index contributed by atoms with van der Waals surface area (Å²) < 4.78 is 40.1. The van der Waals surface area contributed by atoms with E-state index in [0.29, 0.717) is 12.5 Å². The summed E-state index contributed by atoms with van der Waals surface area (Å²) in [5.74, 6) is 1.75. The monoisotopic (exact) mass is 513 g/mol. The molecule has 0 aromatic heterocycles. The van der Waals surface area contributed by atoms with Crippen LogP contribution >= 0.6 is 24.0 Å². The zero-order chi connectivity index (χ0) is 19.6. The maximum atomic E-state index is 12.6. The van der Waals surface area contributed by atoms with E-state index in [1.807, 2.05) is 7.05 Å². The topological polar surface area (TPSA) is 55.3 Å². The molecule has 1 aliphatic heterocycles. The summed E-state index contributed by atoms with van der Waals surface area (Å²) in [5, 5.41) is 3.26. The molecule has 0 amide bonds. The van der Waals surface area contributed by atoms with E-state index >= 15 is 0 Å². The Morgan fingerprint density at radius 1 is 1.32 bits per heavy atom. The largest absolute Gasteiger partial charge is 0.493 e. The molecule has 0 radical (unpaired) electrons. The molecule has 1 N–H and O–H groups in total. The molecule has 1 aromatic carbocycles. The van der Waals surface area contributed by atoms with Crippen molar-refractivity contribution >= 4 is 29.9 Å². The molecule has 0 atom stereocenters. The Morgan fingerprint density at radius 3 is 2.64 bits per heavy atom. The lowest BCUT2D eigenvalue weighted by molar-refractivity contribution is -0.0512. The minimum absolute atomic E-state index is 0. The van der Waals surface area contributed by atoms with E-state index < -0.39 is 6.61 Å². The van der Waals surface area contributed by atoms with Crippen LogP contribution in [0.15, 0.2) is 23.2 Å². The highest BCUT2D eigenvalue weighted by molar-refractivity contribution is 14.0. The first kappa shape index (κ1) is 24.7. The molecule has 28 heavy (non-hydrogen) atoms. The van der Waals surface area contributed by atoms with Crippen molar-refractivity contribution in [3.8, 4) is 11.5 Å². The quantitative estimate of drug-likeness (QED) is 0.326. The Morgan fingerprint density at radius 2 is 2.04 bits per heavy atom. The van der Waals surface area contributed by atoms with Gasteiger partial charge < -0.3 is 24.4 Å².